The molecule has 0 spiro atoms. The monoisotopic (exact) mass is 460 g/mol. The van der Waals surface area contributed by atoms with E-state index < -0.39 is 10.0 Å². The first-order valence-corrected chi connectivity index (χ1v) is 11.9. The van der Waals surface area contributed by atoms with Gasteiger partial charge < -0.3 is 10.2 Å². The van der Waals surface area contributed by atoms with Crippen LogP contribution in [0.15, 0.2) is 41.4 Å². The van der Waals surface area contributed by atoms with Gasteiger partial charge in [0.1, 0.15) is 10.7 Å². The lowest BCUT2D eigenvalue weighted by Gasteiger charge is -2.28. The molecule has 31 heavy (non-hydrogen) atoms. The van der Waals surface area contributed by atoms with Gasteiger partial charge in [-0.25, -0.2) is 13.4 Å². The van der Waals surface area contributed by atoms with Crippen molar-refractivity contribution in [2.24, 2.45) is 7.05 Å². The van der Waals surface area contributed by atoms with Gasteiger partial charge in [-0.3, -0.25) is 9.40 Å². The Morgan fingerprint density at radius 3 is 2.45 bits per heavy atom. The lowest BCUT2D eigenvalue weighted by Crippen LogP contribution is -2.43. The smallest absolute Gasteiger partial charge is 0.263 e. The standard InChI is InChI=1S/C21H25ClN6O2S/c1-14-21(15(2)27(3)25-14)26-31(29,30)19-5-4-16(12-18(19)22)17-6-7-24-20(13-17)28-10-8-23-9-11-28/h4-7,12-13,23,26H,8-11H2,1-3H3. The minimum absolute atomic E-state index is 0.0250. The molecule has 0 amide bonds. The van der Waals surface area contributed by atoms with Crippen LogP contribution in [0, 0.1) is 13.8 Å². The minimum atomic E-state index is -3.86. The Kier molecular flexibility index (Phi) is 5.92. The molecule has 164 valence electrons. The van der Waals surface area contributed by atoms with Gasteiger partial charge in [-0.2, -0.15) is 5.10 Å². The van der Waals surface area contributed by atoms with E-state index in [0.717, 1.165) is 48.8 Å². The maximum atomic E-state index is 13.0. The predicted octanol–water partition coefficient (Wildman–Crippen LogP) is 2.96. The Labute approximate surface area is 187 Å². The number of hydrogen-bond acceptors (Lipinski definition) is 6. The van der Waals surface area contributed by atoms with E-state index in [2.05, 4.69) is 25.0 Å². The molecule has 10 heteroatoms. The van der Waals surface area contributed by atoms with Crippen LogP contribution < -0.4 is 14.9 Å². The number of anilines is 2. The third-order valence-electron chi connectivity index (χ3n) is 5.49. The fourth-order valence-electron chi connectivity index (χ4n) is 3.67. The summed E-state index contributed by atoms with van der Waals surface area (Å²) in [5, 5.41) is 7.74. The van der Waals surface area contributed by atoms with Crippen molar-refractivity contribution >= 4 is 33.1 Å². The first-order chi connectivity index (χ1) is 14.8. The second kappa shape index (κ2) is 8.49. The number of aromatic nitrogens is 3. The van der Waals surface area contributed by atoms with E-state index in [0.29, 0.717) is 11.4 Å². The molecule has 0 atom stereocenters. The van der Waals surface area contributed by atoms with Gasteiger partial charge in [0.25, 0.3) is 10.0 Å². The molecule has 2 N–H and O–H groups in total. The van der Waals surface area contributed by atoms with Crippen molar-refractivity contribution in [2.45, 2.75) is 18.7 Å². The van der Waals surface area contributed by atoms with Crippen LogP contribution in [-0.2, 0) is 17.1 Å². The van der Waals surface area contributed by atoms with Crippen LogP contribution in [0.1, 0.15) is 11.4 Å². The van der Waals surface area contributed by atoms with Gasteiger partial charge in [-0.05, 0) is 49.2 Å². The summed E-state index contributed by atoms with van der Waals surface area (Å²) in [6, 6.07) is 8.88. The highest BCUT2D eigenvalue weighted by atomic mass is 35.5. The molecule has 2 aromatic heterocycles. The van der Waals surface area contributed by atoms with Crippen molar-refractivity contribution in [1.29, 1.82) is 0 Å². The Bertz CT molecular complexity index is 1220. The van der Waals surface area contributed by atoms with Gasteiger partial charge in [0.2, 0.25) is 0 Å². The van der Waals surface area contributed by atoms with Crippen molar-refractivity contribution in [1.82, 2.24) is 20.1 Å². The van der Waals surface area contributed by atoms with Crippen LogP contribution in [0.4, 0.5) is 11.5 Å². The van der Waals surface area contributed by atoms with Gasteiger partial charge in [-0.15, -0.1) is 0 Å². The third-order valence-corrected chi connectivity index (χ3v) is 7.32. The molecular weight excluding hydrogens is 436 g/mol. The van der Waals surface area contributed by atoms with E-state index in [1.165, 1.54) is 6.07 Å². The molecule has 3 aromatic rings. The highest BCUT2D eigenvalue weighted by Gasteiger charge is 2.22. The van der Waals surface area contributed by atoms with Gasteiger partial charge in [-0.1, -0.05) is 17.7 Å². The van der Waals surface area contributed by atoms with Crippen molar-refractivity contribution in [3.05, 3.63) is 52.9 Å². The maximum absolute atomic E-state index is 13.0. The second-order valence-electron chi connectivity index (χ2n) is 7.56. The molecule has 1 fully saturated rings. The maximum Gasteiger partial charge on any atom is 0.263 e. The number of benzene rings is 1. The first-order valence-electron chi connectivity index (χ1n) is 10.0. The summed E-state index contributed by atoms with van der Waals surface area (Å²) in [5.74, 6) is 0.899. The second-order valence-corrected chi connectivity index (χ2v) is 9.62. The zero-order valence-corrected chi connectivity index (χ0v) is 19.3. The fraction of sp³-hybridized carbons (Fsp3) is 0.333. The lowest BCUT2D eigenvalue weighted by molar-refractivity contribution is 0.585. The van der Waals surface area contributed by atoms with Crippen LogP contribution in [-0.4, -0.2) is 49.4 Å². The van der Waals surface area contributed by atoms with Gasteiger partial charge in [0.15, 0.2) is 0 Å². The molecule has 0 bridgehead atoms. The minimum Gasteiger partial charge on any atom is -0.354 e. The van der Waals surface area contributed by atoms with Crippen molar-refractivity contribution in [3.8, 4) is 11.1 Å². The Morgan fingerprint density at radius 2 is 1.81 bits per heavy atom. The van der Waals surface area contributed by atoms with Gasteiger partial charge in [0.05, 0.1) is 22.1 Å². The highest BCUT2D eigenvalue weighted by Crippen LogP contribution is 2.31. The van der Waals surface area contributed by atoms with Gasteiger partial charge >= 0.3 is 0 Å². The summed E-state index contributed by atoms with van der Waals surface area (Å²) in [4.78, 5) is 6.73. The van der Waals surface area contributed by atoms with Crippen molar-refractivity contribution < 1.29 is 8.42 Å². The molecule has 1 aliphatic rings. The highest BCUT2D eigenvalue weighted by molar-refractivity contribution is 7.92. The summed E-state index contributed by atoms with van der Waals surface area (Å²) < 4.78 is 30.2. The zero-order valence-electron chi connectivity index (χ0n) is 17.7. The summed E-state index contributed by atoms with van der Waals surface area (Å²) in [6.45, 7) is 7.21. The molecule has 0 radical (unpaired) electrons. The first kappa shape index (κ1) is 21.6. The van der Waals surface area contributed by atoms with E-state index in [1.54, 1.807) is 37.0 Å². The molecule has 4 rings (SSSR count). The SMILES string of the molecule is Cc1nn(C)c(C)c1NS(=O)(=O)c1ccc(-c2ccnc(N3CCNCC3)c2)cc1Cl. The summed E-state index contributed by atoms with van der Waals surface area (Å²) in [5.41, 5.74) is 3.56. The lowest BCUT2D eigenvalue weighted by atomic mass is 10.1. The average molecular weight is 461 g/mol. The molecule has 0 unspecified atom stereocenters. The van der Waals surface area contributed by atoms with E-state index >= 15 is 0 Å². The van der Waals surface area contributed by atoms with E-state index in [9.17, 15) is 8.42 Å². The third kappa shape index (κ3) is 4.39. The molecule has 8 nitrogen and oxygen atoms in total. The summed E-state index contributed by atoms with van der Waals surface area (Å²) in [7, 11) is -2.09. The fourth-order valence-corrected chi connectivity index (χ4v) is 5.40. The van der Waals surface area contributed by atoms with Crippen LogP contribution in [0.5, 0.6) is 0 Å². The van der Waals surface area contributed by atoms with E-state index in [-0.39, 0.29) is 9.92 Å². The van der Waals surface area contributed by atoms with Crippen molar-refractivity contribution in [2.75, 3.05) is 35.8 Å². The molecule has 3 heterocycles. The van der Waals surface area contributed by atoms with Crippen LogP contribution in [0.25, 0.3) is 11.1 Å². The van der Waals surface area contributed by atoms with Crippen LogP contribution >= 0.6 is 11.6 Å². The number of sulfonamides is 1. The topological polar surface area (TPSA) is 92.1 Å². The number of halogens is 1. The van der Waals surface area contributed by atoms with Crippen LogP contribution in [0.3, 0.4) is 0 Å². The number of aryl methyl sites for hydroxylation is 2. The quantitative estimate of drug-likeness (QED) is 0.608. The largest absolute Gasteiger partial charge is 0.354 e. The molecule has 1 aromatic carbocycles. The van der Waals surface area contributed by atoms with Gasteiger partial charge in [0, 0.05) is 39.4 Å². The number of piperazine rings is 1. The molecule has 0 aliphatic carbocycles. The Hall–Kier alpha value is -2.62. The van der Waals surface area contributed by atoms with E-state index in [4.69, 9.17) is 11.6 Å². The zero-order chi connectivity index (χ0) is 22.2. The number of rotatable bonds is 5. The molecule has 1 aliphatic heterocycles. The van der Waals surface area contributed by atoms with Crippen molar-refractivity contribution in [3.63, 3.8) is 0 Å². The Balaban J connectivity index is 1.62. The number of hydrogen-bond donors (Lipinski definition) is 2. The number of nitrogens with zero attached hydrogens (tertiary/aromatic N) is 4. The summed E-state index contributed by atoms with van der Waals surface area (Å²) >= 11 is 6.43. The van der Waals surface area contributed by atoms with Crippen LogP contribution in [0.2, 0.25) is 5.02 Å². The average Bonchev–Trinajstić information content (AvgIpc) is 3.00. The normalized spacial score (nSPS) is 14.6. The Morgan fingerprint density at radius 1 is 1.10 bits per heavy atom. The number of nitrogens with one attached hydrogen (secondary N) is 2. The predicted molar refractivity (Wildman–Crippen MR) is 123 cm³/mol. The molecule has 0 saturated carbocycles. The number of pyridine rings is 1. The molecule has 1 saturated heterocycles. The van der Waals surface area contributed by atoms with E-state index in [1.807, 2.05) is 19.1 Å². The molecular formula is C21H25ClN6O2S. The summed E-state index contributed by atoms with van der Waals surface area (Å²) in [6.07, 6.45) is 1.76.